The van der Waals surface area contributed by atoms with Crippen LogP contribution in [0.25, 0.3) is 0 Å². The summed E-state index contributed by atoms with van der Waals surface area (Å²) in [6.07, 6.45) is 4.72. The van der Waals surface area contributed by atoms with Crippen molar-refractivity contribution < 1.29 is 4.42 Å². The molecule has 2 rings (SSSR count). The lowest BCUT2D eigenvalue weighted by molar-refractivity contribution is 0.478. The second-order valence-corrected chi connectivity index (χ2v) is 5.04. The Labute approximate surface area is 122 Å². The minimum Gasteiger partial charge on any atom is -0.444 e. The van der Waals surface area contributed by atoms with E-state index in [4.69, 9.17) is 4.42 Å². The van der Waals surface area contributed by atoms with Crippen LogP contribution in [0.1, 0.15) is 25.0 Å². The predicted molar refractivity (Wildman–Crippen MR) is 81.2 cm³/mol. The lowest BCUT2D eigenvalue weighted by atomic mass is 10.4. The van der Waals surface area contributed by atoms with Crippen LogP contribution in [-0.2, 0) is 6.54 Å². The van der Waals surface area contributed by atoms with E-state index >= 15 is 0 Å². The van der Waals surface area contributed by atoms with Crippen LogP contribution in [0.5, 0.6) is 0 Å². The van der Waals surface area contributed by atoms with Gasteiger partial charge in [-0.05, 0) is 19.6 Å². The van der Waals surface area contributed by atoms with Crippen LogP contribution in [0.4, 0.5) is 11.6 Å². The Morgan fingerprint density at radius 1 is 1.25 bits per heavy atom. The van der Waals surface area contributed by atoms with E-state index in [0.29, 0.717) is 12.4 Å². The van der Waals surface area contributed by atoms with E-state index in [2.05, 4.69) is 32.5 Å². The zero-order chi connectivity index (χ0) is 14.4. The van der Waals surface area contributed by atoms with Crippen LogP contribution in [0, 0.1) is 6.92 Å². The van der Waals surface area contributed by atoms with Crippen molar-refractivity contribution in [1.29, 1.82) is 0 Å². The molecular formula is C13H19N5OS. The summed E-state index contributed by atoms with van der Waals surface area (Å²) < 4.78 is 5.42. The number of aromatic nitrogens is 3. The van der Waals surface area contributed by atoms with Crippen LogP contribution in [-0.4, -0.2) is 27.8 Å². The molecule has 6 nitrogen and oxygen atoms in total. The van der Waals surface area contributed by atoms with Gasteiger partial charge in [-0.1, -0.05) is 18.7 Å². The number of thioether (sulfide) groups is 1. The van der Waals surface area contributed by atoms with Gasteiger partial charge in [-0.2, -0.15) is 0 Å². The maximum absolute atomic E-state index is 5.42. The van der Waals surface area contributed by atoms with Crippen molar-refractivity contribution in [1.82, 2.24) is 15.0 Å². The number of hydrogen-bond acceptors (Lipinski definition) is 7. The Hall–Kier alpha value is -1.76. The summed E-state index contributed by atoms with van der Waals surface area (Å²) in [5.74, 6) is 3.05. The molecule has 0 spiro atoms. The third kappa shape index (κ3) is 4.12. The Balaban J connectivity index is 2.05. The molecule has 0 atom stereocenters. The fraction of sp³-hybridized carbons (Fsp3) is 0.462. The van der Waals surface area contributed by atoms with Gasteiger partial charge < -0.3 is 15.1 Å². The van der Waals surface area contributed by atoms with Gasteiger partial charge in [-0.25, -0.2) is 15.0 Å². The van der Waals surface area contributed by atoms with Crippen LogP contribution >= 0.6 is 11.8 Å². The molecule has 0 saturated heterocycles. The second-order valence-electron chi connectivity index (χ2n) is 4.27. The van der Waals surface area contributed by atoms with Gasteiger partial charge in [-0.3, -0.25) is 0 Å². The number of anilines is 2. The zero-order valence-corrected chi connectivity index (χ0v) is 12.8. The van der Waals surface area contributed by atoms with Gasteiger partial charge in [0.15, 0.2) is 5.16 Å². The SMILES string of the molecule is CCCNc1cc(NCc2ncc(C)o2)nc(SC)n1. The van der Waals surface area contributed by atoms with Crippen molar-refractivity contribution in [2.45, 2.75) is 32.0 Å². The first-order chi connectivity index (χ1) is 9.71. The number of aryl methyl sites for hydroxylation is 1. The summed E-state index contributed by atoms with van der Waals surface area (Å²) in [7, 11) is 0. The van der Waals surface area contributed by atoms with E-state index in [1.165, 1.54) is 11.8 Å². The smallest absolute Gasteiger partial charge is 0.213 e. The number of nitrogens with one attached hydrogen (secondary N) is 2. The molecule has 108 valence electrons. The van der Waals surface area contributed by atoms with Crippen LogP contribution < -0.4 is 10.6 Å². The molecular weight excluding hydrogens is 274 g/mol. The maximum atomic E-state index is 5.42. The van der Waals surface area contributed by atoms with Crippen LogP contribution in [0.2, 0.25) is 0 Å². The molecule has 0 aliphatic carbocycles. The number of nitrogens with zero attached hydrogens (tertiary/aromatic N) is 3. The van der Waals surface area contributed by atoms with Crippen molar-refractivity contribution >= 4 is 23.4 Å². The highest BCUT2D eigenvalue weighted by Crippen LogP contribution is 2.18. The summed E-state index contributed by atoms with van der Waals surface area (Å²) in [5, 5.41) is 7.21. The van der Waals surface area contributed by atoms with Crippen molar-refractivity contribution in [2.75, 3.05) is 23.4 Å². The van der Waals surface area contributed by atoms with Gasteiger partial charge in [0, 0.05) is 12.6 Å². The molecule has 0 amide bonds. The summed E-state index contributed by atoms with van der Waals surface area (Å²) >= 11 is 1.52. The van der Waals surface area contributed by atoms with Crippen LogP contribution in [0.15, 0.2) is 21.8 Å². The molecule has 20 heavy (non-hydrogen) atoms. The van der Waals surface area contributed by atoms with E-state index in [-0.39, 0.29) is 0 Å². The van der Waals surface area contributed by atoms with Gasteiger partial charge in [0.25, 0.3) is 0 Å². The topological polar surface area (TPSA) is 75.9 Å². The lowest BCUT2D eigenvalue weighted by Crippen LogP contribution is -2.07. The minimum absolute atomic E-state index is 0.506. The van der Waals surface area contributed by atoms with E-state index in [1.54, 1.807) is 6.20 Å². The third-order valence-corrected chi connectivity index (χ3v) is 3.08. The summed E-state index contributed by atoms with van der Waals surface area (Å²) in [4.78, 5) is 13.0. The molecule has 0 bridgehead atoms. The molecule has 0 unspecified atom stereocenters. The van der Waals surface area contributed by atoms with Crippen LogP contribution in [0.3, 0.4) is 0 Å². The molecule has 0 fully saturated rings. The van der Waals surface area contributed by atoms with E-state index in [1.807, 2.05) is 19.2 Å². The Morgan fingerprint density at radius 2 is 2.00 bits per heavy atom. The van der Waals surface area contributed by atoms with Crippen molar-refractivity contribution in [3.8, 4) is 0 Å². The number of oxazole rings is 1. The Morgan fingerprint density at radius 3 is 2.60 bits per heavy atom. The second kappa shape index (κ2) is 7.14. The number of hydrogen-bond donors (Lipinski definition) is 2. The third-order valence-electron chi connectivity index (χ3n) is 2.53. The van der Waals surface area contributed by atoms with E-state index in [9.17, 15) is 0 Å². The first-order valence-corrected chi connectivity index (χ1v) is 7.76. The molecule has 0 saturated carbocycles. The lowest BCUT2D eigenvalue weighted by Gasteiger charge is -2.09. The van der Waals surface area contributed by atoms with Gasteiger partial charge >= 0.3 is 0 Å². The summed E-state index contributed by atoms with van der Waals surface area (Å²) in [6.45, 7) is 5.39. The molecule has 2 aromatic heterocycles. The van der Waals surface area contributed by atoms with Crippen molar-refractivity contribution in [2.24, 2.45) is 0 Å². The molecule has 0 radical (unpaired) electrons. The Bertz CT molecular complexity index is 557. The first-order valence-electron chi connectivity index (χ1n) is 6.53. The quantitative estimate of drug-likeness (QED) is 0.600. The fourth-order valence-corrected chi connectivity index (χ4v) is 1.98. The van der Waals surface area contributed by atoms with Crippen molar-refractivity contribution in [3.05, 3.63) is 23.9 Å². The molecule has 0 aliphatic heterocycles. The summed E-state index contributed by atoms with van der Waals surface area (Å²) in [6, 6.07) is 1.89. The van der Waals surface area contributed by atoms with Gasteiger partial charge in [-0.15, -0.1) is 0 Å². The minimum atomic E-state index is 0.506. The van der Waals surface area contributed by atoms with Crippen molar-refractivity contribution in [3.63, 3.8) is 0 Å². The highest BCUT2D eigenvalue weighted by Gasteiger charge is 2.05. The highest BCUT2D eigenvalue weighted by molar-refractivity contribution is 7.98. The van der Waals surface area contributed by atoms with Gasteiger partial charge in [0.2, 0.25) is 5.89 Å². The molecule has 0 aliphatic rings. The maximum Gasteiger partial charge on any atom is 0.213 e. The molecule has 2 heterocycles. The molecule has 2 aromatic rings. The van der Waals surface area contributed by atoms with E-state index < -0.39 is 0 Å². The highest BCUT2D eigenvalue weighted by atomic mass is 32.2. The molecule has 0 aromatic carbocycles. The monoisotopic (exact) mass is 293 g/mol. The predicted octanol–water partition coefficient (Wildman–Crippen LogP) is 2.93. The number of rotatable bonds is 7. The standard InChI is InChI=1S/C13H19N5OS/c1-4-5-14-10-6-11(18-13(17-10)20-3)15-8-12-16-7-9(2)19-12/h6-7H,4-5,8H2,1-3H3,(H2,14,15,17,18). The van der Waals surface area contributed by atoms with E-state index in [0.717, 1.165) is 35.5 Å². The molecule has 2 N–H and O–H groups in total. The molecule has 7 heteroatoms. The average molecular weight is 293 g/mol. The fourth-order valence-electron chi connectivity index (χ4n) is 1.60. The average Bonchev–Trinajstić information content (AvgIpc) is 2.88. The Kier molecular flexibility index (Phi) is 5.23. The van der Waals surface area contributed by atoms with Gasteiger partial charge in [0.05, 0.1) is 12.7 Å². The first kappa shape index (κ1) is 14.6. The zero-order valence-electron chi connectivity index (χ0n) is 11.9. The van der Waals surface area contributed by atoms with Gasteiger partial charge in [0.1, 0.15) is 17.4 Å². The summed E-state index contributed by atoms with van der Waals surface area (Å²) in [5.41, 5.74) is 0. The normalized spacial score (nSPS) is 10.6. The largest absolute Gasteiger partial charge is 0.444 e.